The van der Waals surface area contributed by atoms with E-state index in [9.17, 15) is 9.18 Å². The van der Waals surface area contributed by atoms with Gasteiger partial charge < -0.3 is 19.5 Å². The van der Waals surface area contributed by atoms with Crippen LogP contribution in [0.2, 0.25) is 0 Å². The van der Waals surface area contributed by atoms with Crippen molar-refractivity contribution >= 4 is 11.6 Å². The fraction of sp³-hybridized carbons (Fsp3) is 0.353. The fourth-order valence-corrected chi connectivity index (χ4v) is 2.72. The number of anilines is 1. The number of nitrogens with one attached hydrogen (secondary N) is 1. The maximum absolute atomic E-state index is 13.8. The van der Waals surface area contributed by atoms with E-state index in [1.54, 1.807) is 18.4 Å². The topological polar surface area (TPSA) is 48.7 Å². The molecule has 1 N–H and O–H groups in total. The van der Waals surface area contributed by atoms with Crippen LogP contribution in [0.1, 0.15) is 5.76 Å². The molecule has 1 aromatic carbocycles. The van der Waals surface area contributed by atoms with Crippen LogP contribution in [0, 0.1) is 5.82 Å². The standard InChI is InChI=1S/C17H20FN3O2/c18-15-5-1-2-6-16(15)20-7-9-21(10-8-20)17(22)13-19-12-14-4-3-11-23-14/h1-6,11,19H,7-10,12-13H2. The molecule has 1 aliphatic rings. The first-order valence-corrected chi connectivity index (χ1v) is 7.74. The number of furan rings is 1. The molecule has 6 heteroatoms. The molecule has 5 nitrogen and oxygen atoms in total. The number of hydrogen-bond acceptors (Lipinski definition) is 4. The molecule has 0 aliphatic carbocycles. The Balaban J connectivity index is 1.45. The monoisotopic (exact) mass is 317 g/mol. The number of rotatable bonds is 5. The van der Waals surface area contributed by atoms with Crippen LogP contribution < -0.4 is 10.2 Å². The molecule has 1 aromatic heterocycles. The summed E-state index contributed by atoms with van der Waals surface area (Å²) in [5.41, 5.74) is 0.607. The fourth-order valence-electron chi connectivity index (χ4n) is 2.72. The summed E-state index contributed by atoms with van der Waals surface area (Å²) in [5.74, 6) is 0.652. The van der Waals surface area contributed by atoms with Crippen molar-refractivity contribution in [3.8, 4) is 0 Å². The third-order valence-electron chi connectivity index (χ3n) is 3.98. The summed E-state index contributed by atoms with van der Waals surface area (Å²) in [4.78, 5) is 16.0. The van der Waals surface area contributed by atoms with Crippen molar-refractivity contribution in [1.82, 2.24) is 10.2 Å². The van der Waals surface area contributed by atoms with Crippen molar-refractivity contribution < 1.29 is 13.6 Å². The van der Waals surface area contributed by atoms with Crippen molar-refractivity contribution in [2.45, 2.75) is 6.54 Å². The summed E-state index contributed by atoms with van der Waals surface area (Å²) in [5, 5.41) is 3.08. The zero-order valence-corrected chi connectivity index (χ0v) is 12.9. The lowest BCUT2D eigenvalue weighted by Crippen LogP contribution is -2.51. The number of carbonyl (C=O) groups excluding carboxylic acids is 1. The second-order valence-electron chi connectivity index (χ2n) is 5.50. The van der Waals surface area contributed by atoms with Crippen LogP contribution in [-0.4, -0.2) is 43.5 Å². The van der Waals surface area contributed by atoms with Gasteiger partial charge in [-0.05, 0) is 24.3 Å². The molecule has 0 spiro atoms. The Morgan fingerprint density at radius 2 is 1.91 bits per heavy atom. The van der Waals surface area contributed by atoms with Crippen LogP contribution in [0.15, 0.2) is 47.1 Å². The molecule has 3 rings (SSSR count). The number of piperazine rings is 1. The SMILES string of the molecule is O=C(CNCc1ccco1)N1CCN(c2ccccc2F)CC1. The molecule has 0 atom stereocenters. The minimum atomic E-state index is -0.215. The highest BCUT2D eigenvalue weighted by molar-refractivity contribution is 5.78. The highest BCUT2D eigenvalue weighted by Crippen LogP contribution is 2.20. The highest BCUT2D eigenvalue weighted by atomic mass is 19.1. The van der Waals surface area contributed by atoms with Gasteiger partial charge >= 0.3 is 0 Å². The molecular formula is C17H20FN3O2. The van der Waals surface area contributed by atoms with Gasteiger partial charge in [-0.15, -0.1) is 0 Å². The summed E-state index contributed by atoms with van der Waals surface area (Å²) in [6.07, 6.45) is 1.61. The lowest BCUT2D eigenvalue weighted by molar-refractivity contribution is -0.130. The summed E-state index contributed by atoms with van der Waals surface area (Å²) in [6.45, 7) is 3.31. The van der Waals surface area contributed by atoms with Gasteiger partial charge in [0.1, 0.15) is 11.6 Å². The second-order valence-corrected chi connectivity index (χ2v) is 5.50. The Labute approximate surface area is 134 Å². The first-order chi connectivity index (χ1) is 11.2. The first kappa shape index (κ1) is 15.6. The van der Waals surface area contributed by atoms with E-state index in [2.05, 4.69) is 5.32 Å². The molecule has 0 bridgehead atoms. The Bertz CT molecular complexity index is 637. The molecule has 23 heavy (non-hydrogen) atoms. The van der Waals surface area contributed by atoms with Gasteiger partial charge in [0.15, 0.2) is 0 Å². The van der Waals surface area contributed by atoms with Crippen molar-refractivity contribution in [2.24, 2.45) is 0 Å². The zero-order chi connectivity index (χ0) is 16.1. The van der Waals surface area contributed by atoms with E-state index in [1.165, 1.54) is 6.07 Å². The minimum absolute atomic E-state index is 0.0599. The van der Waals surface area contributed by atoms with E-state index in [4.69, 9.17) is 4.42 Å². The molecule has 0 saturated carbocycles. The van der Waals surface area contributed by atoms with Crippen LogP contribution in [-0.2, 0) is 11.3 Å². The molecule has 1 amide bonds. The molecule has 122 valence electrons. The van der Waals surface area contributed by atoms with Crippen LogP contribution in [0.25, 0.3) is 0 Å². The van der Waals surface area contributed by atoms with E-state index >= 15 is 0 Å². The third kappa shape index (κ3) is 3.90. The van der Waals surface area contributed by atoms with Crippen molar-refractivity contribution in [3.63, 3.8) is 0 Å². The Kier molecular flexibility index (Phi) is 4.92. The molecule has 0 unspecified atom stereocenters. The predicted octanol–water partition coefficient (Wildman–Crippen LogP) is 1.86. The van der Waals surface area contributed by atoms with Crippen LogP contribution in [0.5, 0.6) is 0 Å². The molecule has 0 radical (unpaired) electrons. The third-order valence-corrected chi connectivity index (χ3v) is 3.98. The Hall–Kier alpha value is -2.34. The van der Waals surface area contributed by atoms with Gasteiger partial charge in [-0.25, -0.2) is 4.39 Å². The maximum Gasteiger partial charge on any atom is 0.236 e. The number of halogens is 1. The average molecular weight is 317 g/mol. The summed E-state index contributed by atoms with van der Waals surface area (Å²) >= 11 is 0. The largest absolute Gasteiger partial charge is 0.468 e. The smallest absolute Gasteiger partial charge is 0.236 e. The molecule has 2 heterocycles. The van der Waals surface area contributed by atoms with E-state index < -0.39 is 0 Å². The summed E-state index contributed by atoms with van der Waals surface area (Å²) in [7, 11) is 0. The van der Waals surface area contributed by atoms with Crippen molar-refractivity contribution in [3.05, 3.63) is 54.2 Å². The van der Waals surface area contributed by atoms with Crippen LogP contribution in [0.3, 0.4) is 0 Å². The first-order valence-electron chi connectivity index (χ1n) is 7.74. The van der Waals surface area contributed by atoms with E-state index in [-0.39, 0.29) is 18.3 Å². The molecule has 2 aromatic rings. The van der Waals surface area contributed by atoms with E-state index in [0.717, 1.165) is 5.76 Å². The lowest BCUT2D eigenvalue weighted by Gasteiger charge is -2.36. The maximum atomic E-state index is 13.8. The normalized spacial score (nSPS) is 15.0. The van der Waals surface area contributed by atoms with Gasteiger partial charge in [0.05, 0.1) is 25.0 Å². The van der Waals surface area contributed by atoms with Crippen LogP contribution >= 0.6 is 0 Å². The minimum Gasteiger partial charge on any atom is -0.468 e. The number of carbonyl (C=O) groups is 1. The summed E-state index contributed by atoms with van der Waals surface area (Å²) < 4.78 is 19.0. The summed E-state index contributed by atoms with van der Waals surface area (Å²) in [6, 6.07) is 10.4. The van der Waals surface area contributed by atoms with Gasteiger partial charge in [-0.1, -0.05) is 12.1 Å². The molecule has 1 fully saturated rings. The molecule has 1 saturated heterocycles. The number of benzene rings is 1. The van der Waals surface area contributed by atoms with E-state index in [1.807, 2.05) is 28.0 Å². The number of amides is 1. The molecular weight excluding hydrogens is 297 g/mol. The molecule has 1 aliphatic heterocycles. The van der Waals surface area contributed by atoms with Gasteiger partial charge in [0, 0.05) is 26.2 Å². The number of para-hydroxylation sites is 1. The van der Waals surface area contributed by atoms with Gasteiger partial charge in [0.25, 0.3) is 0 Å². The van der Waals surface area contributed by atoms with Crippen LogP contribution in [0.4, 0.5) is 10.1 Å². The van der Waals surface area contributed by atoms with Crippen molar-refractivity contribution in [1.29, 1.82) is 0 Å². The second kappa shape index (κ2) is 7.28. The van der Waals surface area contributed by atoms with Gasteiger partial charge in [0.2, 0.25) is 5.91 Å². The average Bonchev–Trinajstić information content (AvgIpc) is 3.09. The number of nitrogens with zero attached hydrogens (tertiary/aromatic N) is 2. The van der Waals surface area contributed by atoms with Crippen molar-refractivity contribution in [2.75, 3.05) is 37.6 Å². The number of hydrogen-bond donors (Lipinski definition) is 1. The quantitative estimate of drug-likeness (QED) is 0.914. The predicted molar refractivity (Wildman–Crippen MR) is 85.6 cm³/mol. The lowest BCUT2D eigenvalue weighted by atomic mass is 10.2. The highest BCUT2D eigenvalue weighted by Gasteiger charge is 2.22. The zero-order valence-electron chi connectivity index (χ0n) is 12.9. The Morgan fingerprint density at radius 1 is 1.13 bits per heavy atom. The Morgan fingerprint density at radius 3 is 2.61 bits per heavy atom. The van der Waals surface area contributed by atoms with Gasteiger partial charge in [-0.3, -0.25) is 4.79 Å². The van der Waals surface area contributed by atoms with Gasteiger partial charge in [-0.2, -0.15) is 0 Å². The van der Waals surface area contributed by atoms with E-state index in [0.29, 0.717) is 38.4 Å².